The van der Waals surface area contributed by atoms with E-state index >= 15 is 0 Å². The van der Waals surface area contributed by atoms with E-state index < -0.39 is 15.8 Å². The van der Waals surface area contributed by atoms with Gasteiger partial charge in [-0.15, -0.1) is 0 Å². The second kappa shape index (κ2) is 8.86. The van der Waals surface area contributed by atoms with Crippen LogP contribution in [0, 0.1) is 5.82 Å². The molecule has 3 aromatic carbocycles. The predicted molar refractivity (Wildman–Crippen MR) is 121 cm³/mol. The lowest BCUT2D eigenvalue weighted by atomic mass is 10.0. The highest BCUT2D eigenvalue weighted by Crippen LogP contribution is 2.25. The predicted octanol–water partition coefficient (Wildman–Crippen LogP) is 3.66. The highest BCUT2D eigenvalue weighted by molar-refractivity contribution is 7.89. The fourth-order valence-electron chi connectivity index (χ4n) is 3.41. The van der Waals surface area contributed by atoms with E-state index in [4.69, 9.17) is 5.14 Å². The van der Waals surface area contributed by atoms with Crippen LogP contribution in [-0.4, -0.2) is 25.9 Å². The molecule has 3 N–H and O–H groups in total. The molecule has 0 aliphatic rings. The molecule has 0 saturated heterocycles. The van der Waals surface area contributed by atoms with E-state index in [1.165, 1.54) is 24.3 Å². The number of rotatable bonds is 6. The van der Waals surface area contributed by atoms with Gasteiger partial charge in [0.2, 0.25) is 10.0 Å². The Balaban J connectivity index is 1.56. The van der Waals surface area contributed by atoms with Crippen molar-refractivity contribution >= 4 is 26.8 Å². The number of carbonyl (C=O) groups is 1. The van der Waals surface area contributed by atoms with Crippen LogP contribution in [0.3, 0.4) is 0 Å². The van der Waals surface area contributed by atoms with Crippen LogP contribution in [0.25, 0.3) is 22.2 Å². The Kier molecular flexibility index (Phi) is 5.98. The van der Waals surface area contributed by atoms with Crippen LogP contribution in [-0.2, 0) is 16.4 Å². The molecule has 8 heteroatoms. The van der Waals surface area contributed by atoms with Crippen molar-refractivity contribution in [2.75, 3.05) is 6.54 Å². The number of halogens is 1. The largest absolute Gasteiger partial charge is 0.352 e. The number of sulfonamides is 1. The first-order valence-electron chi connectivity index (χ1n) is 9.87. The lowest BCUT2D eigenvalue weighted by Crippen LogP contribution is -2.26. The van der Waals surface area contributed by atoms with Crippen molar-refractivity contribution in [3.63, 3.8) is 0 Å². The molecule has 162 valence electrons. The van der Waals surface area contributed by atoms with Gasteiger partial charge in [-0.2, -0.15) is 0 Å². The Labute approximate surface area is 185 Å². The number of aromatic nitrogens is 1. The molecular weight excluding hydrogens is 429 g/mol. The number of nitrogens with two attached hydrogens (primary N) is 1. The molecule has 32 heavy (non-hydrogen) atoms. The van der Waals surface area contributed by atoms with Crippen molar-refractivity contribution in [2.24, 2.45) is 5.14 Å². The quantitative estimate of drug-likeness (QED) is 0.469. The average Bonchev–Trinajstić information content (AvgIpc) is 2.78. The minimum absolute atomic E-state index is 0.0363. The number of amides is 1. The lowest BCUT2D eigenvalue weighted by molar-refractivity contribution is 0.0955. The molecule has 6 nitrogen and oxygen atoms in total. The molecule has 0 spiro atoms. The first-order chi connectivity index (χ1) is 15.3. The van der Waals surface area contributed by atoms with Gasteiger partial charge in [0, 0.05) is 23.6 Å². The number of hydrogen-bond acceptors (Lipinski definition) is 4. The van der Waals surface area contributed by atoms with E-state index in [2.05, 4.69) is 10.3 Å². The van der Waals surface area contributed by atoms with Gasteiger partial charge in [-0.05, 0) is 42.3 Å². The summed E-state index contributed by atoms with van der Waals surface area (Å²) in [6.45, 7) is 0.333. The van der Waals surface area contributed by atoms with E-state index in [0.717, 1.165) is 11.1 Å². The van der Waals surface area contributed by atoms with Gasteiger partial charge < -0.3 is 5.32 Å². The molecule has 0 aliphatic heterocycles. The highest BCUT2D eigenvalue weighted by atomic mass is 32.2. The molecular formula is C24H20FN3O3S. The Morgan fingerprint density at radius 1 is 0.969 bits per heavy atom. The van der Waals surface area contributed by atoms with Crippen molar-refractivity contribution in [1.82, 2.24) is 10.3 Å². The van der Waals surface area contributed by atoms with Gasteiger partial charge in [0.1, 0.15) is 5.82 Å². The minimum Gasteiger partial charge on any atom is -0.352 e. The summed E-state index contributed by atoms with van der Waals surface area (Å²) in [6.07, 6.45) is 0.500. The van der Waals surface area contributed by atoms with Crippen molar-refractivity contribution in [1.29, 1.82) is 0 Å². The molecule has 0 aliphatic carbocycles. The van der Waals surface area contributed by atoms with Gasteiger partial charge in [-0.25, -0.2) is 22.9 Å². The third kappa shape index (κ3) is 4.82. The molecule has 4 aromatic rings. The van der Waals surface area contributed by atoms with Crippen LogP contribution >= 0.6 is 0 Å². The number of hydrogen-bond donors (Lipinski definition) is 2. The zero-order valence-electron chi connectivity index (χ0n) is 17.0. The summed E-state index contributed by atoms with van der Waals surface area (Å²) in [6, 6.07) is 21.4. The fraction of sp³-hybridized carbons (Fsp3) is 0.0833. The number of fused-ring (bicyclic) bond motifs is 1. The van der Waals surface area contributed by atoms with Gasteiger partial charge in [0.15, 0.2) is 0 Å². The number of primary sulfonamides is 1. The van der Waals surface area contributed by atoms with Crippen LogP contribution in [0.4, 0.5) is 4.39 Å². The van der Waals surface area contributed by atoms with E-state index in [1.54, 1.807) is 24.3 Å². The van der Waals surface area contributed by atoms with E-state index in [1.807, 2.05) is 30.3 Å². The third-order valence-electron chi connectivity index (χ3n) is 5.04. The fourth-order valence-corrected chi connectivity index (χ4v) is 3.92. The lowest BCUT2D eigenvalue weighted by Gasteiger charge is -2.11. The SMILES string of the molecule is NS(=O)(=O)c1ccc(CCNC(=O)c2cc(-c3ccccc3)nc3cc(F)ccc23)cc1. The molecule has 0 atom stereocenters. The Hall–Kier alpha value is -3.62. The van der Waals surface area contributed by atoms with E-state index in [-0.39, 0.29) is 10.8 Å². The average molecular weight is 450 g/mol. The normalized spacial score (nSPS) is 11.4. The van der Waals surface area contributed by atoms with Gasteiger partial charge in [0.25, 0.3) is 5.91 Å². The van der Waals surface area contributed by atoms with Gasteiger partial charge in [-0.3, -0.25) is 4.79 Å². The van der Waals surface area contributed by atoms with Crippen LogP contribution in [0.5, 0.6) is 0 Å². The van der Waals surface area contributed by atoms with Crippen molar-refractivity contribution in [3.8, 4) is 11.3 Å². The summed E-state index contributed by atoms with van der Waals surface area (Å²) < 4.78 is 36.5. The summed E-state index contributed by atoms with van der Waals surface area (Å²) in [4.78, 5) is 17.5. The number of pyridine rings is 1. The third-order valence-corrected chi connectivity index (χ3v) is 5.97. The maximum absolute atomic E-state index is 13.8. The van der Waals surface area contributed by atoms with Crippen LogP contribution in [0.2, 0.25) is 0 Å². The standard InChI is InChI=1S/C24H20FN3O3S/c25-18-8-11-20-21(15-22(28-23(20)14-18)17-4-2-1-3-5-17)24(29)27-13-12-16-6-9-19(10-7-16)32(26,30)31/h1-11,14-15H,12-13H2,(H,27,29)(H2,26,30,31). The van der Waals surface area contributed by atoms with E-state index in [9.17, 15) is 17.6 Å². The molecule has 0 saturated carbocycles. The zero-order valence-corrected chi connectivity index (χ0v) is 17.8. The van der Waals surface area contributed by atoms with Gasteiger partial charge >= 0.3 is 0 Å². The molecule has 1 amide bonds. The minimum atomic E-state index is -3.74. The number of nitrogens with one attached hydrogen (secondary N) is 1. The van der Waals surface area contributed by atoms with Crippen molar-refractivity contribution in [2.45, 2.75) is 11.3 Å². The monoisotopic (exact) mass is 449 g/mol. The smallest absolute Gasteiger partial charge is 0.252 e. The molecule has 4 rings (SSSR count). The number of nitrogens with zero attached hydrogens (tertiary/aromatic N) is 1. The van der Waals surface area contributed by atoms with E-state index in [0.29, 0.717) is 35.1 Å². The molecule has 0 bridgehead atoms. The van der Waals surface area contributed by atoms with Gasteiger partial charge in [-0.1, -0.05) is 42.5 Å². The Morgan fingerprint density at radius 3 is 2.38 bits per heavy atom. The van der Waals surface area contributed by atoms with Crippen LogP contribution in [0.1, 0.15) is 15.9 Å². The maximum atomic E-state index is 13.8. The number of carbonyl (C=O) groups excluding carboxylic acids is 1. The Bertz CT molecular complexity index is 1390. The van der Waals surface area contributed by atoms with Crippen LogP contribution in [0.15, 0.2) is 83.8 Å². The van der Waals surface area contributed by atoms with Crippen LogP contribution < -0.4 is 10.5 Å². The second-order valence-electron chi connectivity index (χ2n) is 7.28. The molecule has 1 aromatic heterocycles. The Morgan fingerprint density at radius 2 is 1.69 bits per heavy atom. The second-order valence-corrected chi connectivity index (χ2v) is 8.84. The summed E-state index contributed by atoms with van der Waals surface area (Å²) >= 11 is 0. The number of benzene rings is 3. The molecule has 1 heterocycles. The summed E-state index contributed by atoms with van der Waals surface area (Å²) in [5.41, 5.74) is 3.05. The van der Waals surface area contributed by atoms with Crippen molar-refractivity contribution in [3.05, 3.63) is 95.8 Å². The molecule has 0 fully saturated rings. The highest BCUT2D eigenvalue weighted by Gasteiger charge is 2.15. The summed E-state index contributed by atoms with van der Waals surface area (Å²) in [5, 5.41) is 8.54. The first kappa shape index (κ1) is 21.6. The summed E-state index contributed by atoms with van der Waals surface area (Å²) in [7, 11) is -3.74. The van der Waals surface area contributed by atoms with Crippen molar-refractivity contribution < 1.29 is 17.6 Å². The zero-order chi connectivity index (χ0) is 22.7. The van der Waals surface area contributed by atoms with Gasteiger partial charge in [0.05, 0.1) is 21.7 Å². The first-order valence-corrected chi connectivity index (χ1v) is 11.4. The topological polar surface area (TPSA) is 102 Å². The summed E-state index contributed by atoms with van der Waals surface area (Å²) in [5.74, 6) is -0.730. The molecule has 0 unspecified atom stereocenters. The molecule has 0 radical (unpaired) electrons. The maximum Gasteiger partial charge on any atom is 0.252 e.